The fourth-order valence-corrected chi connectivity index (χ4v) is 2.51. The van der Waals surface area contributed by atoms with Crippen molar-refractivity contribution in [1.29, 1.82) is 0 Å². The zero-order chi connectivity index (χ0) is 9.15. The molecule has 3 heterocycles. The Morgan fingerprint density at radius 2 is 1.92 bits per heavy atom. The number of fused-ring (bicyclic) bond motifs is 3. The summed E-state index contributed by atoms with van der Waals surface area (Å²) in [6.07, 6.45) is 7.10. The van der Waals surface area contributed by atoms with Gasteiger partial charge in [0.25, 0.3) is 0 Å². The molecule has 74 valence electrons. The molecule has 0 radical (unpaired) electrons. The van der Waals surface area contributed by atoms with E-state index in [-0.39, 0.29) is 0 Å². The van der Waals surface area contributed by atoms with Gasteiger partial charge in [0.2, 0.25) is 0 Å². The molecule has 0 aromatic heterocycles. The van der Waals surface area contributed by atoms with Crippen molar-refractivity contribution in [2.75, 3.05) is 26.7 Å². The van der Waals surface area contributed by atoms with Crippen LogP contribution in [0.15, 0.2) is 5.16 Å². The van der Waals surface area contributed by atoms with E-state index in [2.05, 4.69) is 10.1 Å². The molecular weight excluding hydrogens is 164 g/mol. The first-order valence-electron chi connectivity index (χ1n) is 5.12. The largest absolute Gasteiger partial charge is 0.399 e. The van der Waals surface area contributed by atoms with Gasteiger partial charge in [-0.3, -0.25) is 0 Å². The monoisotopic (exact) mass is 182 g/mol. The summed E-state index contributed by atoms with van der Waals surface area (Å²) in [6.45, 7) is 3.88. The van der Waals surface area contributed by atoms with Crippen LogP contribution in [0.3, 0.4) is 0 Å². The Labute approximate surface area is 79.7 Å². The highest BCUT2D eigenvalue weighted by atomic mass is 16.6. The summed E-state index contributed by atoms with van der Waals surface area (Å²) in [5.41, 5.74) is 0.566. The fraction of sp³-hybridized carbons (Fsp3) is 0.900. The Morgan fingerprint density at radius 1 is 1.31 bits per heavy atom. The maximum atomic E-state index is 4.69. The third-order valence-electron chi connectivity index (χ3n) is 3.58. The van der Waals surface area contributed by atoms with Crippen molar-refractivity contribution in [1.82, 2.24) is 4.90 Å². The molecule has 0 aromatic rings. The Balaban J connectivity index is 1.91. The SMILES string of the molecule is CON=CCC12CCN(CC1)CC2. The van der Waals surface area contributed by atoms with Gasteiger partial charge in [0, 0.05) is 6.21 Å². The smallest absolute Gasteiger partial charge is 0.106 e. The summed E-state index contributed by atoms with van der Waals surface area (Å²) in [5, 5.41) is 3.84. The van der Waals surface area contributed by atoms with Crippen molar-refractivity contribution in [2.45, 2.75) is 25.7 Å². The molecule has 2 bridgehead atoms. The molecule has 0 aromatic carbocycles. The van der Waals surface area contributed by atoms with E-state index in [9.17, 15) is 0 Å². The van der Waals surface area contributed by atoms with Gasteiger partial charge in [-0.25, -0.2) is 0 Å². The summed E-state index contributed by atoms with van der Waals surface area (Å²) >= 11 is 0. The van der Waals surface area contributed by atoms with Gasteiger partial charge in [0.05, 0.1) is 0 Å². The van der Waals surface area contributed by atoms with Crippen molar-refractivity contribution in [3.8, 4) is 0 Å². The molecule has 0 N–H and O–H groups in total. The minimum absolute atomic E-state index is 0.566. The van der Waals surface area contributed by atoms with Crippen LogP contribution in [-0.4, -0.2) is 37.9 Å². The Hall–Kier alpha value is -0.570. The number of hydrogen-bond donors (Lipinski definition) is 0. The molecular formula is C10H18N2O. The average molecular weight is 182 g/mol. The Morgan fingerprint density at radius 3 is 2.46 bits per heavy atom. The molecule has 0 saturated carbocycles. The average Bonchev–Trinajstić information content (AvgIpc) is 2.21. The number of piperidine rings is 3. The molecule has 3 rings (SSSR count). The first kappa shape index (κ1) is 9.00. The van der Waals surface area contributed by atoms with E-state index < -0.39 is 0 Å². The number of hydrogen-bond acceptors (Lipinski definition) is 3. The second-order valence-electron chi connectivity index (χ2n) is 4.27. The predicted molar refractivity (Wildman–Crippen MR) is 52.8 cm³/mol. The zero-order valence-electron chi connectivity index (χ0n) is 8.33. The van der Waals surface area contributed by atoms with E-state index in [0.29, 0.717) is 5.41 Å². The van der Waals surface area contributed by atoms with E-state index >= 15 is 0 Å². The molecule has 3 nitrogen and oxygen atoms in total. The lowest BCUT2D eigenvalue weighted by Crippen LogP contribution is -2.48. The van der Waals surface area contributed by atoms with Crippen LogP contribution in [0, 0.1) is 5.41 Å². The minimum atomic E-state index is 0.566. The standard InChI is InChI=1S/C10H18N2O/c1-13-11-6-2-10-3-7-12(8-4-10)9-5-10/h6H,2-5,7-9H2,1H3. The molecule has 0 unspecified atom stereocenters. The zero-order valence-corrected chi connectivity index (χ0v) is 8.33. The minimum Gasteiger partial charge on any atom is -0.399 e. The topological polar surface area (TPSA) is 24.8 Å². The van der Waals surface area contributed by atoms with Gasteiger partial charge in [-0.1, -0.05) is 5.16 Å². The maximum absolute atomic E-state index is 4.69. The normalized spacial score (nSPS) is 38.4. The van der Waals surface area contributed by atoms with E-state index in [0.717, 1.165) is 6.42 Å². The van der Waals surface area contributed by atoms with Crippen LogP contribution in [-0.2, 0) is 4.84 Å². The van der Waals surface area contributed by atoms with E-state index in [1.165, 1.54) is 38.9 Å². The van der Waals surface area contributed by atoms with Crippen LogP contribution in [0.1, 0.15) is 25.7 Å². The summed E-state index contributed by atoms with van der Waals surface area (Å²) in [7, 11) is 1.61. The van der Waals surface area contributed by atoms with Crippen molar-refractivity contribution in [3.05, 3.63) is 0 Å². The fourth-order valence-electron chi connectivity index (χ4n) is 2.51. The summed E-state index contributed by atoms with van der Waals surface area (Å²) in [6, 6.07) is 0. The maximum Gasteiger partial charge on any atom is 0.106 e. The number of rotatable bonds is 3. The molecule has 3 fully saturated rings. The molecule has 13 heavy (non-hydrogen) atoms. The Bertz CT molecular complexity index is 181. The quantitative estimate of drug-likeness (QED) is 0.488. The van der Waals surface area contributed by atoms with Crippen LogP contribution >= 0.6 is 0 Å². The summed E-state index contributed by atoms with van der Waals surface area (Å²) in [4.78, 5) is 7.26. The van der Waals surface area contributed by atoms with Crippen LogP contribution in [0.4, 0.5) is 0 Å². The second-order valence-corrected chi connectivity index (χ2v) is 4.27. The lowest BCUT2D eigenvalue weighted by Gasteiger charge is -2.48. The highest BCUT2D eigenvalue weighted by Gasteiger charge is 2.38. The van der Waals surface area contributed by atoms with E-state index in [4.69, 9.17) is 4.84 Å². The van der Waals surface area contributed by atoms with Crippen molar-refractivity contribution in [2.24, 2.45) is 10.6 Å². The first-order valence-corrected chi connectivity index (χ1v) is 5.12. The van der Waals surface area contributed by atoms with Gasteiger partial charge >= 0.3 is 0 Å². The molecule has 3 saturated heterocycles. The third-order valence-corrected chi connectivity index (χ3v) is 3.58. The molecule has 0 amide bonds. The van der Waals surface area contributed by atoms with Crippen molar-refractivity contribution >= 4 is 6.21 Å². The van der Waals surface area contributed by atoms with Gasteiger partial charge < -0.3 is 9.74 Å². The number of nitrogens with zero attached hydrogens (tertiary/aromatic N) is 2. The highest BCUT2D eigenvalue weighted by molar-refractivity contribution is 5.57. The van der Waals surface area contributed by atoms with Gasteiger partial charge in [0.15, 0.2) is 0 Å². The molecule has 0 spiro atoms. The van der Waals surface area contributed by atoms with Crippen LogP contribution < -0.4 is 0 Å². The lowest BCUT2D eigenvalue weighted by atomic mass is 9.70. The highest BCUT2D eigenvalue weighted by Crippen LogP contribution is 2.42. The molecule has 0 aliphatic carbocycles. The first-order chi connectivity index (χ1) is 6.35. The molecule has 3 heteroatoms. The van der Waals surface area contributed by atoms with Crippen LogP contribution in [0.25, 0.3) is 0 Å². The van der Waals surface area contributed by atoms with E-state index in [1.54, 1.807) is 7.11 Å². The van der Waals surface area contributed by atoms with Crippen molar-refractivity contribution < 1.29 is 4.84 Å². The third kappa shape index (κ3) is 1.85. The van der Waals surface area contributed by atoms with Gasteiger partial charge in [-0.05, 0) is 50.7 Å². The molecule has 3 aliphatic heterocycles. The predicted octanol–water partition coefficient (Wildman–Crippen LogP) is 1.49. The molecule has 0 atom stereocenters. The summed E-state index contributed by atoms with van der Waals surface area (Å²) in [5.74, 6) is 0. The lowest BCUT2D eigenvalue weighted by molar-refractivity contribution is 0.0319. The molecule has 3 aliphatic rings. The van der Waals surface area contributed by atoms with E-state index in [1.807, 2.05) is 6.21 Å². The van der Waals surface area contributed by atoms with Gasteiger partial charge in [-0.2, -0.15) is 0 Å². The summed E-state index contributed by atoms with van der Waals surface area (Å²) < 4.78 is 0. The van der Waals surface area contributed by atoms with Gasteiger partial charge in [0.1, 0.15) is 7.11 Å². The van der Waals surface area contributed by atoms with Crippen LogP contribution in [0.5, 0.6) is 0 Å². The number of oxime groups is 1. The van der Waals surface area contributed by atoms with Gasteiger partial charge in [-0.15, -0.1) is 0 Å². The van der Waals surface area contributed by atoms with Crippen molar-refractivity contribution in [3.63, 3.8) is 0 Å². The Kier molecular flexibility index (Phi) is 2.54. The van der Waals surface area contributed by atoms with Crippen LogP contribution in [0.2, 0.25) is 0 Å². The second kappa shape index (κ2) is 3.66.